The number of aliphatic hydroxyl groups is 1. The molecule has 2 amide bonds. The molecule has 0 aromatic heterocycles. The summed E-state index contributed by atoms with van der Waals surface area (Å²) in [5.74, 6) is -0.816. The van der Waals surface area contributed by atoms with Crippen molar-refractivity contribution in [1.29, 1.82) is 0 Å². The average molecular weight is 441 g/mol. The molecule has 0 bridgehead atoms. The van der Waals surface area contributed by atoms with Crippen LogP contribution in [0.2, 0.25) is 0 Å². The maximum absolute atomic E-state index is 13.5. The van der Waals surface area contributed by atoms with Gasteiger partial charge in [-0.05, 0) is 51.9 Å². The van der Waals surface area contributed by atoms with Crippen molar-refractivity contribution in [1.82, 2.24) is 10.2 Å². The Balaban J connectivity index is 3.14. The molecule has 0 aliphatic carbocycles. The molecule has 1 saturated heterocycles. The molecule has 31 heavy (non-hydrogen) atoms. The van der Waals surface area contributed by atoms with Gasteiger partial charge in [-0.3, -0.25) is 4.79 Å². The van der Waals surface area contributed by atoms with Gasteiger partial charge in [0.25, 0.3) is 0 Å². The fourth-order valence-corrected chi connectivity index (χ4v) is 3.99. The van der Waals surface area contributed by atoms with E-state index in [0.29, 0.717) is 12.3 Å². The number of ether oxygens (including phenoxy) is 2. The second kappa shape index (κ2) is 12.1. The molecule has 1 aliphatic rings. The molecule has 1 rings (SSSR count). The van der Waals surface area contributed by atoms with E-state index in [9.17, 15) is 19.5 Å². The summed E-state index contributed by atoms with van der Waals surface area (Å²) in [4.78, 5) is 39.6. The number of allylic oxidation sites excluding steroid dienone is 1. The highest BCUT2D eigenvalue weighted by molar-refractivity contribution is 5.90. The van der Waals surface area contributed by atoms with Crippen LogP contribution in [0.1, 0.15) is 66.7 Å². The lowest BCUT2D eigenvalue weighted by Crippen LogP contribution is -2.55. The van der Waals surface area contributed by atoms with E-state index >= 15 is 0 Å². The fraction of sp³-hybridized carbons (Fsp3) is 0.783. The third-order valence-corrected chi connectivity index (χ3v) is 5.54. The van der Waals surface area contributed by atoms with Gasteiger partial charge < -0.3 is 24.8 Å². The minimum atomic E-state index is -0.872. The maximum atomic E-state index is 13.5. The number of nitrogens with zero attached hydrogens (tertiary/aromatic N) is 1. The maximum Gasteiger partial charge on any atom is 0.408 e. The lowest BCUT2D eigenvalue weighted by molar-refractivity contribution is -0.152. The number of carbonyl (C=O) groups excluding carboxylic acids is 3. The third-order valence-electron chi connectivity index (χ3n) is 5.54. The summed E-state index contributed by atoms with van der Waals surface area (Å²) >= 11 is 0. The van der Waals surface area contributed by atoms with Crippen LogP contribution < -0.4 is 5.32 Å². The van der Waals surface area contributed by atoms with Crippen LogP contribution >= 0.6 is 0 Å². The molecule has 8 heteroatoms. The highest BCUT2D eigenvalue weighted by Gasteiger charge is 2.44. The predicted molar refractivity (Wildman–Crippen MR) is 118 cm³/mol. The zero-order chi connectivity index (χ0) is 23.8. The Kier molecular flexibility index (Phi) is 10.5. The van der Waals surface area contributed by atoms with Crippen molar-refractivity contribution in [2.45, 2.75) is 90.5 Å². The van der Waals surface area contributed by atoms with E-state index in [4.69, 9.17) is 9.47 Å². The molecule has 0 aromatic carbocycles. The van der Waals surface area contributed by atoms with Gasteiger partial charge in [0.2, 0.25) is 5.91 Å². The molecule has 1 fully saturated rings. The van der Waals surface area contributed by atoms with Crippen LogP contribution in [0, 0.1) is 11.8 Å². The summed E-state index contributed by atoms with van der Waals surface area (Å²) in [6.07, 6.45) is 3.66. The summed E-state index contributed by atoms with van der Waals surface area (Å²) in [6, 6.07) is -1.74. The summed E-state index contributed by atoms with van der Waals surface area (Å²) in [5.41, 5.74) is -0.713. The van der Waals surface area contributed by atoms with Gasteiger partial charge in [0.15, 0.2) is 0 Å². The molecular formula is C23H40N2O6. The van der Waals surface area contributed by atoms with Crippen molar-refractivity contribution in [3.8, 4) is 0 Å². The van der Waals surface area contributed by atoms with Crippen molar-refractivity contribution < 1.29 is 29.0 Å². The zero-order valence-electron chi connectivity index (χ0n) is 19.8. The molecule has 8 nitrogen and oxygen atoms in total. The van der Waals surface area contributed by atoms with E-state index in [1.165, 1.54) is 12.0 Å². The average Bonchev–Trinajstić information content (AvgIpc) is 3.08. The van der Waals surface area contributed by atoms with Gasteiger partial charge in [-0.25, -0.2) is 9.59 Å². The fourth-order valence-electron chi connectivity index (χ4n) is 3.99. The SMILES string of the molecule is C=CCCC(C)C[C@@H](CC)[C@H](NC(=O)OC(C)(C)C)C(=O)N1CC(O)CC1C(=O)OC. The van der Waals surface area contributed by atoms with Gasteiger partial charge in [0.1, 0.15) is 17.7 Å². The number of aliphatic hydroxyl groups excluding tert-OH is 1. The van der Waals surface area contributed by atoms with Gasteiger partial charge in [0.05, 0.1) is 13.2 Å². The minimum absolute atomic E-state index is 0.0214. The molecular weight excluding hydrogens is 400 g/mol. The monoisotopic (exact) mass is 440 g/mol. The Bertz CT molecular complexity index is 630. The molecule has 178 valence electrons. The molecule has 0 radical (unpaired) electrons. The molecule has 1 aliphatic heterocycles. The lowest BCUT2D eigenvalue weighted by Gasteiger charge is -2.33. The van der Waals surface area contributed by atoms with Crippen LogP contribution in [0.3, 0.4) is 0 Å². The van der Waals surface area contributed by atoms with Crippen LogP contribution in [0.15, 0.2) is 12.7 Å². The number of amides is 2. The largest absolute Gasteiger partial charge is 0.467 e. The minimum Gasteiger partial charge on any atom is -0.467 e. The van der Waals surface area contributed by atoms with Crippen LogP contribution in [-0.2, 0) is 19.1 Å². The van der Waals surface area contributed by atoms with Crippen LogP contribution in [-0.4, -0.2) is 65.4 Å². The van der Waals surface area contributed by atoms with E-state index in [2.05, 4.69) is 18.8 Å². The molecule has 5 atom stereocenters. The second-order valence-corrected chi connectivity index (χ2v) is 9.42. The number of likely N-dealkylation sites (tertiary alicyclic amines) is 1. The van der Waals surface area contributed by atoms with Gasteiger partial charge in [0, 0.05) is 13.0 Å². The summed E-state index contributed by atoms with van der Waals surface area (Å²) < 4.78 is 10.2. The van der Waals surface area contributed by atoms with Gasteiger partial charge in [-0.2, -0.15) is 0 Å². The normalized spacial score (nSPS) is 21.7. The summed E-state index contributed by atoms with van der Waals surface area (Å²) in [7, 11) is 1.25. The first kappa shape index (κ1) is 26.9. The van der Waals surface area contributed by atoms with E-state index in [1.54, 1.807) is 20.8 Å². The predicted octanol–water partition coefficient (Wildman–Crippen LogP) is 3.03. The highest BCUT2D eigenvalue weighted by Crippen LogP contribution is 2.27. The molecule has 3 unspecified atom stereocenters. The molecule has 0 spiro atoms. The van der Waals surface area contributed by atoms with E-state index in [-0.39, 0.29) is 18.9 Å². The Morgan fingerprint density at radius 3 is 2.48 bits per heavy atom. The number of alkyl carbamates (subject to hydrolysis) is 1. The topological polar surface area (TPSA) is 105 Å². The Morgan fingerprint density at radius 1 is 1.32 bits per heavy atom. The molecule has 2 N–H and O–H groups in total. The zero-order valence-corrected chi connectivity index (χ0v) is 19.8. The van der Waals surface area contributed by atoms with Crippen LogP contribution in [0.25, 0.3) is 0 Å². The quantitative estimate of drug-likeness (QED) is 0.400. The number of esters is 1. The number of hydrogen-bond acceptors (Lipinski definition) is 6. The highest BCUT2D eigenvalue weighted by atomic mass is 16.6. The van der Waals surface area contributed by atoms with Crippen molar-refractivity contribution in [2.75, 3.05) is 13.7 Å². The van der Waals surface area contributed by atoms with Crippen LogP contribution in [0.5, 0.6) is 0 Å². The summed E-state index contributed by atoms with van der Waals surface area (Å²) in [6.45, 7) is 13.1. The molecule has 1 heterocycles. The van der Waals surface area contributed by atoms with Gasteiger partial charge in [-0.15, -0.1) is 6.58 Å². The van der Waals surface area contributed by atoms with E-state index in [1.807, 2.05) is 13.0 Å². The summed E-state index contributed by atoms with van der Waals surface area (Å²) in [5, 5.41) is 12.8. The first-order valence-corrected chi connectivity index (χ1v) is 11.1. The van der Waals surface area contributed by atoms with Crippen molar-refractivity contribution in [3.05, 3.63) is 12.7 Å². The number of rotatable bonds is 10. The van der Waals surface area contributed by atoms with Gasteiger partial charge in [-0.1, -0.05) is 26.3 Å². The van der Waals surface area contributed by atoms with Crippen molar-refractivity contribution in [3.63, 3.8) is 0 Å². The Hall–Kier alpha value is -2.09. The third kappa shape index (κ3) is 8.51. The number of β-amino-alcohol motifs (C(OH)–C–C–N with tert-alkyl or cyclic N) is 1. The van der Waals surface area contributed by atoms with Gasteiger partial charge >= 0.3 is 12.1 Å². The number of carbonyl (C=O) groups is 3. The van der Waals surface area contributed by atoms with E-state index in [0.717, 1.165) is 19.3 Å². The van der Waals surface area contributed by atoms with Crippen molar-refractivity contribution >= 4 is 18.0 Å². The number of nitrogens with one attached hydrogen (secondary N) is 1. The lowest BCUT2D eigenvalue weighted by atomic mass is 9.85. The smallest absolute Gasteiger partial charge is 0.408 e. The second-order valence-electron chi connectivity index (χ2n) is 9.42. The first-order valence-electron chi connectivity index (χ1n) is 11.1. The van der Waals surface area contributed by atoms with Crippen LogP contribution in [0.4, 0.5) is 4.79 Å². The van der Waals surface area contributed by atoms with Crippen molar-refractivity contribution in [2.24, 2.45) is 11.8 Å². The molecule has 0 aromatic rings. The Morgan fingerprint density at radius 2 is 1.97 bits per heavy atom. The first-order chi connectivity index (χ1) is 14.4. The number of methoxy groups -OCH3 is 1. The molecule has 0 saturated carbocycles. The van der Waals surface area contributed by atoms with E-state index < -0.39 is 41.8 Å². The number of hydrogen-bond donors (Lipinski definition) is 2. The Labute approximate surface area is 186 Å². The standard InChI is InChI=1S/C23H40N2O6/c1-8-10-11-15(3)12-16(9-2)19(24-22(29)31-23(4,5)6)20(27)25-14-17(26)13-18(25)21(28)30-7/h8,15-19,26H,1,9-14H2,2-7H3,(H,24,29)/t15?,16-,17?,18?,19+/m1/s1.